The summed E-state index contributed by atoms with van der Waals surface area (Å²) >= 11 is 0. The number of aliphatic hydroxyl groups is 2. The average molecular weight is 1050 g/mol. The van der Waals surface area contributed by atoms with Gasteiger partial charge in [-0.25, -0.2) is 4.79 Å². The molecule has 0 aromatic heterocycles. The lowest BCUT2D eigenvalue weighted by atomic mass is 9.98. The molecule has 12 heteroatoms. The normalized spacial score (nSPS) is 18.9. The quantitative estimate of drug-likeness (QED) is 0.0228. The molecular formula is C63H102O12. The Balaban J connectivity index is 2.73. The van der Waals surface area contributed by atoms with E-state index < -0.39 is 67.3 Å². The minimum Gasteiger partial charge on any atom is -0.479 e. The monoisotopic (exact) mass is 1050 g/mol. The van der Waals surface area contributed by atoms with Crippen molar-refractivity contribution in [2.75, 3.05) is 13.2 Å². The van der Waals surface area contributed by atoms with E-state index in [-0.39, 0.29) is 25.9 Å². The number of carboxylic acid groups (broad SMARTS) is 1. The van der Waals surface area contributed by atoms with Gasteiger partial charge in [-0.1, -0.05) is 189 Å². The van der Waals surface area contributed by atoms with Crippen molar-refractivity contribution in [3.8, 4) is 0 Å². The van der Waals surface area contributed by atoms with Gasteiger partial charge < -0.3 is 39.0 Å². The third kappa shape index (κ3) is 40.6. The summed E-state index contributed by atoms with van der Waals surface area (Å²) in [6.07, 6.45) is 53.7. The van der Waals surface area contributed by atoms with Crippen LogP contribution in [0.4, 0.5) is 0 Å². The number of rotatable bonds is 48. The molecule has 0 aromatic rings. The molecule has 3 N–H and O–H groups in total. The number of allylic oxidation sites excluding steroid dienone is 16. The van der Waals surface area contributed by atoms with Gasteiger partial charge in [0.15, 0.2) is 24.6 Å². The molecule has 6 atom stereocenters. The number of carboxylic acids is 1. The number of esters is 3. The van der Waals surface area contributed by atoms with E-state index in [2.05, 4.69) is 118 Å². The van der Waals surface area contributed by atoms with Gasteiger partial charge in [-0.15, -0.1) is 0 Å². The molecule has 1 rings (SSSR count). The number of carbonyl (C=O) groups is 4. The lowest BCUT2D eigenvalue weighted by Gasteiger charge is -2.40. The summed E-state index contributed by atoms with van der Waals surface area (Å²) in [4.78, 5) is 51.1. The van der Waals surface area contributed by atoms with Gasteiger partial charge in [-0.05, 0) is 116 Å². The van der Waals surface area contributed by atoms with Crippen LogP contribution in [0.2, 0.25) is 0 Å². The van der Waals surface area contributed by atoms with E-state index in [9.17, 15) is 34.5 Å². The van der Waals surface area contributed by atoms with Crippen molar-refractivity contribution >= 4 is 23.9 Å². The Kier molecular flexibility index (Phi) is 46.2. The molecule has 0 radical (unpaired) electrons. The van der Waals surface area contributed by atoms with Crippen LogP contribution in [0.5, 0.6) is 0 Å². The minimum atomic E-state index is -1.92. The van der Waals surface area contributed by atoms with E-state index in [1.54, 1.807) is 0 Å². The van der Waals surface area contributed by atoms with E-state index in [4.69, 9.17) is 23.7 Å². The molecular weight excluding hydrogens is 949 g/mol. The van der Waals surface area contributed by atoms with Crippen molar-refractivity contribution in [2.45, 2.75) is 263 Å². The van der Waals surface area contributed by atoms with E-state index >= 15 is 0 Å². The molecule has 1 aliphatic rings. The summed E-state index contributed by atoms with van der Waals surface area (Å²) in [6, 6.07) is 0. The molecule has 426 valence electrons. The molecule has 0 spiro atoms. The first-order chi connectivity index (χ1) is 36.6. The minimum absolute atomic E-state index is 0.0251. The largest absolute Gasteiger partial charge is 0.479 e. The summed E-state index contributed by atoms with van der Waals surface area (Å²) in [5.74, 6) is -3.20. The maximum absolute atomic E-state index is 13.1. The van der Waals surface area contributed by atoms with Crippen molar-refractivity contribution in [3.63, 3.8) is 0 Å². The molecule has 12 nitrogen and oxygen atoms in total. The standard InChI is InChI=1S/C63H102O12/c1-4-7-10-13-16-19-22-25-27-28-30-33-36-39-42-45-48-51-57(66)74-61-59(68)58(67)60(62(69)70)75-63(61)72-53-54(73-56(65)50-47-44-41-38-35-31-24-21-18-15-12-9-6-3)52-71-55(64)49-46-43-40-37-34-32-29-26-23-20-17-14-11-8-5-2/h7,10,12,15-17,19-21,24-27,29-30,33,54,58-61,63,67-68H,4-6,8-9,11,13-14,18,22-23,28,31-32,34-53H2,1-3H3,(H,69,70)/b10-7-,15-12-,19-16-,20-17-,24-21-,27-25-,29-26-,33-30-. The summed E-state index contributed by atoms with van der Waals surface area (Å²) in [7, 11) is 0. The van der Waals surface area contributed by atoms with Gasteiger partial charge in [0.05, 0.1) is 6.61 Å². The Morgan fingerprint density at radius 1 is 0.453 bits per heavy atom. The SMILES string of the molecule is CC/C=C\C/C=C\C/C=C\C/C=C\CCCCCCC(=O)OC1C(OCC(COC(=O)CCCCCCC/C=C\C/C=C\CCCCC)OC(=O)CCCCCCC/C=C\C/C=C\CCC)OC(C(=O)O)C(O)C1O. The van der Waals surface area contributed by atoms with Crippen LogP contribution >= 0.6 is 0 Å². The van der Waals surface area contributed by atoms with Gasteiger partial charge >= 0.3 is 23.9 Å². The lowest BCUT2D eigenvalue weighted by Crippen LogP contribution is -2.61. The van der Waals surface area contributed by atoms with Gasteiger partial charge in [0, 0.05) is 19.3 Å². The Morgan fingerprint density at radius 3 is 1.33 bits per heavy atom. The summed E-state index contributed by atoms with van der Waals surface area (Å²) in [5.41, 5.74) is 0. The molecule has 0 amide bonds. The first kappa shape index (κ1) is 68.7. The highest BCUT2D eigenvalue weighted by atomic mass is 16.7. The zero-order chi connectivity index (χ0) is 54.7. The van der Waals surface area contributed by atoms with Gasteiger partial charge in [0.2, 0.25) is 0 Å². The van der Waals surface area contributed by atoms with E-state index in [1.165, 1.54) is 19.3 Å². The van der Waals surface area contributed by atoms with Crippen LogP contribution in [0.3, 0.4) is 0 Å². The molecule has 6 unspecified atom stereocenters. The Labute approximate surface area is 453 Å². The number of unbranched alkanes of at least 4 members (excludes halogenated alkanes) is 18. The second-order valence-corrected chi connectivity index (χ2v) is 19.5. The van der Waals surface area contributed by atoms with E-state index in [0.29, 0.717) is 19.3 Å². The van der Waals surface area contributed by atoms with Crippen molar-refractivity contribution in [1.82, 2.24) is 0 Å². The molecule has 1 saturated heterocycles. The summed E-state index contributed by atoms with van der Waals surface area (Å²) in [6.45, 7) is 5.74. The average Bonchev–Trinajstić information content (AvgIpc) is 3.39. The van der Waals surface area contributed by atoms with Gasteiger partial charge in [-0.2, -0.15) is 0 Å². The van der Waals surface area contributed by atoms with Crippen LogP contribution in [-0.2, 0) is 42.9 Å². The fraction of sp³-hybridized carbons (Fsp3) is 0.683. The zero-order valence-corrected chi connectivity index (χ0v) is 46.8. The third-order valence-corrected chi connectivity index (χ3v) is 12.6. The second kappa shape index (κ2) is 50.5. The van der Waals surface area contributed by atoms with Crippen LogP contribution in [0.1, 0.15) is 226 Å². The number of aliphatic hydroxyl groups excluding tert-OH is 2. The van der Waals surface area contributed by atoms with Crippen molar-refractivity contribution < 1.29 is 58.2 Å². The highest BCUT2D eigenvalue weighted by molar-refractivity contribution is 5.74. The molecule has 0 aliphatic carbocycles. The predicted molar refractivity (Wildman–Crippen MR) is 303 cm³/mol. The number of aliphatic carboxylic acids is 1. The first-order valence-corrected chi connectivity index (χ1v) is 29.2. The first-order valence-electron chi connectivity index (χ1n) is 29.2. The van der Waals surface area contributed by atoms with Crippen LogP contribution < -0.4 is 0 Å². The number of hydrogen-bond acceptors (Lipinski definition) is 11. The summed E-state index contributed by atoms with van der Waals surface area (Å²) in [5, 5.41) is 31.5. The fourth-order valence-electron chi connectivity index (χ4n) is 8.13. The number of hydrogen-bond donors (Lipinski definition) is 3. The number of ether oxygens (including phenoxy) is 5. The molecule has 0 aromatic carbocycles. The smallest absolute Gasteiger partial charge is 0.335 e. The fourth-order valence-corrected chi connectivity index (χ4v) is 8.13. The Morgan fingerprint density at radius 2 is 0.867 bits per heavy atom. The second-order valence-electron chi connectivity index (χ2n) is 19.5. The molecule has 1 heterocycles. The molecule has 0 saturated carbocycles. The highest BCUT2D eigenvalue weighted by Gasteiger charge is 2.50. The topological polar surface area (TPSA) is 175 Å². The predicted octanol–water partition coefficient (Wildman–Crippen LogP) is 14.9. The van der Waals surface area contributed by atoms with Gasteiger partial charge in [-0.3, -0.25) is 14.4 Å². The van der Waals surface area contributed by atoms with Crippen LogP contribution in [-0.4, -0.2) is 89.2 Å². The van der Waals surface area contributed by atoms with Crippen LogP contribution in [0.25, 0.3) is 0 Å². The number of carbonyl (C=O) groups excluding carboxylic acids is 3. The lowest BCUT2D eigenvalue weighted by molar-refractivity contribution is -0.301. The maximum Gasteiger partial charge on any atom is 0.335 e. The van der Waals surface area contributed by atoms with Crippen molar-refractivity contribution in [3.05, 3.63) is 97.2 Å². The van der Waals surface area contributed by atoms with Gasteiger partial charge in [0.1, 0.15) is 18.8 Å². The van der Waals surface area contributed by atoms with Crippen LogP contribution in [0.15, 0.2) is 97.2 Å². The molecule has 75 heavy (non-hydrogen) atoms. The van der Waals surface area contributed by atoms with Crippen molar-refractivity contribution in [2.24, 2.45) is 0 Å². The molecule has 0 bridgehead atoms. The van der Waals surface area contributed by atoms with Crippen molar-refractivity contribution in [1.29, 1.82) is 0 Å². The Bertz CT molecular complexity index is 1670. The van der Waals surface area contributed by atoms with Crippen LogP contribution in [0, 0.1) is 0 Å². The van der Waals surface area contributed by atoms with E-state index in [1.807, 2.05) is 0 Å². The molecule has 1 fully saturated rings. The Hall–Kier alpha value is -4.36. The molecule has 1 aliphatic heterocycles. The third-order valence-electron chi connectivity index (χ3n) is 12.6. The summed E-state index contributed by atoms with van der Waals surface area (Å²) < 4.78 is 28.4. The maximum atomic E-state index is 13.1. The highest BCUT2D eigenvalue weighted by Crippen LogP contribution is 2.26. The van der Waals surface area contributed by atoms with E-state index in [0.717, 1.165) is 148 Å². The zero-order valence-electron chi connectivity index (χ0n) is 46.8. The van der Waals surface area contributed by atoms with Gasteiger partial charge in [0.25, 0.3) is 0 Å².